The van der Waals surface area contributed by atoms with Crippen molar-refractivity contribution >= 4 is 16.9 Å². The highest BCUT2D eigenvalue weighted by Crippen LogP contribution is 2.15. The van der Waals surface area contributed by atoms with Gasteiger partial charge in [0, 0.05) is 31.6 Å². The van der Waals surface area contributed by atoms with Crippen LogP contribution in [-0.2, 0) is 11.3 Å². The molecular weight excluding hydrogens is 204 g/mol. The summed E-state index contributed by atoms with van der Waals surface area (Å²) in [6, 6.07) is 3.90. The molecule has 1 N–H and O–H groups in total. The van der Waals surface area contributed by atoms with E-state index >= 15 is 0 Å². The molecule has 1 unspecified atom stereocenters. The van der Waals surface area contributed by atoms with Crippen molar-refractivity contribution in [3.8, 4) is 0 Å². The van der Waals surface area contributed by atoms with Gasteiger partial charge < -0.3 is 5.32 Å². The molecule has 1 atom stereocenters. The summed E-state index contributed by atoms with van der Waals surface area (Å²) in [5.74, 6) is 0.482. The Morgan fingerprint density at radius 3 is 3.31 bits per heavy atom. The summed E-state index contributed by atoms with van der Waals surface area (Å²) in [7, 11) is 0. The Morgan fingerprint density at radius 2 is 2.50 bits per heavy atom. The van der Waals surface area contributed by atoms with Gasteiger partial charge in [0.2, 0.25) is 5.91 Å². The molecule has 5 heteroatoms. The van der Waals surface area contributed by atoms with Gasteiger partial charge in [-0.25, -0.2) is 0 Å². The molecule has 1 amide bonds. The summed E-state index contributed by atoms with van der Waals surface area (Å²) in [6.07, 6.45) is 4.12. The van der Waals surface area contributed by atoms with Crippen molar-refractivity contribution in [3.05, 3.63) is 24.5 Å². The first-order valence-electron chi connectivity index (χ1n) is 5.36. The lowest BCUT2D eigenvalue weighted by molar-refractivity contribution is -0.119. The van der Waals surface area contributed by atoms with Gasteiger partial charge in [0.1, 0.15) is 5.52 Å². The number of aromatic nitrogens is 3. The molecule has 1 fully saturated rings. The largest absolute Gasteiger partial charge is 0.356 e. The summed E-state index contributed by atoms with van der Waals surface area (Å²) >= 11 is 0. The van der Waals surface area contributed by atoms with E-state index in [0.717, 1.165) is 24.1 Å². The minimum Gasteiger partial charge on any atom is -0.356 e. The fourth-order valence-corrected chi connectivity index (χ4v) is 2.10. The molecule has 3 rings (SSSR count). The normalized spacial score (nSPS) is 20.2. The highest BCUT2D eigenvalue weighted by atomic mass is 16.1. The van der Waals surface area contributed by atoms with E-state index in [2.05, 4.69) is 15.4 Å². The lowest BCUT2D eigenvalue weighted by Gasteiger charge is -2.07. The number of amides is 1. The fourth-order valence-electron chi connectivity index (χ4n) is 2.10. The molecule has 82 valence electrons. The van der Waals surface area contributed by atoms with E-state index in [1.165, 1.54) is 0 Å². The van der Waals surface area contributed by atoms with E-state index in [1.807, 2.05) is 16.8 Å². The van der Waals surface area contributed by atoms with Gasteiger partial charge >= 0.3 is 0 Å². The number of nitrogens with one attached hydrogen (secondary N) is 1. The number of fused-ring (bicyclic) bond motifs is 1. The Hall–Kier alpha value is -1.91. The molecule has 0 bridgehead atoms. The van der Waals surface area contributed by atoms with Crippen LogP contribution < -0.4 is 5.32 Å². The second-order valence-corrected chi connectivity index (χ2v) is 4.11. The van der Waals surface area contributed by atoms with Crippen LogP contribution in [0.3, 0.4) is 0 Å². The lowest BCUT2D eigenvalue weighted by atomic mass is 10.1. The summed E-state index contributed by atoms with van der Waals surface area (Å²) < 4.78 is 1.92. The highest BCUT2D eigenvalue weighted by Gasteiger charge is 2.22. The number of carbonyl (C=O) groups is 1. The van der Waals surface area contributed by atoms with E-state index in [-0.39, 0.29) is 5.91 Å². The fraction of sp³-hybridized carbons (Fsp3) is 0.364. The molecule has 1 saturated heterocycles. The smallest absolute Gasteiger partial charge is 0.220 e. The zero-order valence-corrected chi connectivity index (χ0v) is 8.76. The molecule has 3 heterocycles. The number of carbonyl (C=O) groups excluding carboxylic acids is 1. The van der Waals surface area contributed by atoms with Crippen molar-refractivity contribution in [2.45, 2.75) is 13.0 Å². The standard InChI is InChI=1S/C11H12N4O/c16-11-4-8(5-13-11)7-15-10-2-1-3-12-9(10)6-14-15/h1-3,6,8H,4-5,7H2,(H,13,16). The van der Waals surface area contributed by atoms with E-state index < -0.39 is 0 Å². The predicted octanol–water partition coefficient (Wildman–Crippen LogP) is 0.567. The van der Waals surface area contributed by atoms with Crippen LogP contribution in [0.4, 0.5) is 0 Å². The Bertz CT molecular complexity index is 534. The maximum Gasteiger partial charge on any atom is 0.220 e. The zero-order chi connectivity index (χ0) is 11.0. The van der Waals surface area contributed by atoms with Crippen molar-refractivity contribution in [2.75, 3.05) is 6.54 Å². The van der Waals surface area contributed by atoms with Crippen LogP contribution in [0.2, 0.25) is 0 Å². The van der Waals surface area contributed by atoms with Crippen LogP contribution in [0.1, 0.15) is 6.42 Å². The van der Waals surface area contributed by atoms with Crippen LogP contribution in [-0.4, -0.2) is 27.2 Å². The van der Waals surface area contributed by atoms with Gasteiger partial charge in [0.25, 0.3) is 0 Å². The Labute approximate surface area is 92.5 Å². The van der Waals surface area contributed by atoms with E-state index in [4.69, 9.17) is 0 Å². The number of hydrogen-bond donors (Lipinski definition) is 1. The van der Waals surface area contributed by atoms with Crippen molar-refractivity contribution in [2.24, 2.45) is 5.92 Å². The molecule has 1 aliphatic rings. The van der Waals surface area contributed by atoms with Crippen LogP contribution in [0.15, 0.2) is 24.5 Å². The topological polar surface area (TPSA) is 59.8 Å². The summed E-state index contributed by atoms with van der Waals surface area (Å²) in [5.41, 5.74) is 1.93. The van der Waals surface area contributed by atoms with Crippen LogP contribution in [0.5, 0.6) is 0 Å². The molecule has 2 aromatic heterocycles. The molecule has 0 aliphatic carbocycles. The number of pyridine rings is 1. The molecule has 0 saturated carbocycles. The minimum absolute atomic E-state index is 0.139. The molecule has 16 heavy (non-hydrogen) atoms. The Kier molecular flexibility index (Phi) is 2.09. The van der Waals surface area contributed by atoms with Gasteiger partial charge in [0.05, 0.1) is 11.7 Å². The average Bonchev–Trinajstić information content (AvgIpc) is 2.87. The third-order valence-corrected chi connectivity index (χ3v) is 2.91. The number of nitrogens with zero attached hydrogens (tertiary/aromatic N) is 3. The van der Waals surface area contributed by atoms with Gasteiger partial charge in [0.15, 0.2) is 0 Å². The van der Waals surface area contributed by atoms with Crippen molar-refractivity contribution in [1.82, 2.24) is 20.1 Å². The summed E-state index contributed by atoms with van der Waals surface area (Å²) in [4.78, 5) is 15.3. The van der Waals surface area contributed by atoms with E-state index in [9.17, 15) is 4.79 Å². The van der Waals surface area contributed by atoms with Crippen molar-refractivity contribution < 1.29 is 4.79 Å². The van der Waals surface area contributed by atoms with Crippen molar-refractivity contribution in [1.29, 1.82) is 0 Å². The summed E-state index contributed by atoms with van der Waals surface area (Å²) in [5, 5.41) is 7.13. The van der Waals surface area contributed by atoms with Gasteiger partial charge in [-0.1, -0.05) is 0 Å². The number of rotatable bonds is 2. The molecule has 5 nitrogen and oxygen atoms in total. The minimum atomic E-state index is 0.139. The molecule has 1 aliphatic heterocycles. The molecule has 0 spiro atoms. The molecular formula is C11H12N4O. The van der Waals surface area contributed by atoms with Gasteiger partial charge in [-0.05, 0) is 12.1 Å². The second kappa shape index (κ2) is 3.59. The third-order valence-electron chi connectivity index (χ3n) is 2.91. The SMILES string of the molecule is O=C1CC(Cn2ncc3ncccc32)CN1. The molecule has 0 aromatic carbocycles. The first-order valence-corrected chi connectivity index (χ1v) is 5.36. The average molecular weight is 216 g/mol. The first kappa shape index (κ1) is 9.33. The zero-order valence-electron chi connectivity index (χ0n) is 8.76. The molecule has 0 radical (unpaired) electrons. The van der Waals surface area contributed by atoms with Crippen molar-refractivity contribution in [3.63, 3.8) is 0 Å². The van der Waals surface area contributed by atoms with Crippen LogP contribution >= 0.6 is 0 Å². The maximum absolute atomic E-state index is 11.1. The maximum atomic E-state index is 11.1. The van der Waals surface area contributed by atoms with Gasteiger partial charge in [-0.3, -0.25) is 14.5 Å². The van der Waals surface area contributed by atoms with Gasteiger partial charge in [-0.2, -0.15) is 5.10 Å². The monoisotopic (exact) mass is 216 g/mol. The van der Waals surface area contributed by atoms with Gasteiger partial charge in [-0.15, -0.1) is 0 Å². The predicted molar refractivity (Wildman–Crippen MR) is 58.6 cm³/mol. The highest BCUT2D eigenvalue weighted by molar-refractivity contribution is 5.78. The summed E-state index contributed by atoms with van der Waals surface area (Å²) in [6.45, 7) is 1.52. The van der Waals surface area contributed by atoms with Crippen LogP contribution in [0, 0.1) is 5.92 Å². The quantitative estimate of drug-likeness (QED) is 0.798. The Morgan fingerprint density at radius 1 is 1.56 bits per heavy atom. The molecule has 2 aromatic rings. The number of hydrogen-bond acceptors (Lipinski definition) is 3. The van der Waals surface area contributed by atoms with Crippen LogP contribution in [0.25, 0.3) is 11.0 Å². The van der Waals surface area contributed by atoms with E-state index in [1.54, 1.807) is 12.4 Å². The lowest BCUT2D eigenvalue weighted by Crippen LogP contribution is -2.16. The Balaban J connectivity index is 1.86. The second-order valence-electron chi connectivity index (χ2n) is 4.11. The first-order chi connectivity index (χ1) is 7.83. The van der Waals surface area contributed by atoms with E-state index in [0.29, 0.717) is 12.3 Å². The third kappa shape index (κ3) is 1.54.